The van der Waals surface area contributed by atoms with E-state index in [1.54, 1.807) is 17.3 Å². The summed E-state index contributed by atoms with van der Waals surface area (Å²) < 4.78 is 4.84. The van der Waals surface area contributed by atoms with Crippen LogP contribution in [0.3, 0.4) is 0 Å². The number of ether oxygens (including phenoxy) is 1. The number of aliphatic imine (C=N–C) groups is 2. The second-order valence-corrected chi connectivity index (χ2v) is 7.39. The van der Waals surface area contributed by atoms with Gasteiger partial charge in [0.1, 0.15) is 12.0 Å². The highest BCUT2D eigenvalue weighted by atomic mass is 16.5. The number of aryl methyl sites for hydroxylation is 1. The zero-order chi connectivity index (χ0) is 20.5. The standard InChI is InChI=1S/C21H23N5O3/c1-12-4-5-14(20(27)24-16-6-7-16)9-17(12)25-19-18-13(2)8-15(21(28)29-3)10-26(18)23-11-22-19/h4-5,9-11,16H,6-8H2,1-3H3,(H,24,27)(H,22,23,25). The lowest BCUT2D eigenvalue weighted by atomic mass is 10.0. The molecule has 0 bridgehead atoms. The van der Waals surface area contributed by atoms with Gasteiger partial charge in [0.15, 0.2) is 5.84 Å². The number of hydrogen-bond donors (Lipinski definition) is 2. The van der Waals surface area contributed by atoms with E-state index in [4.69, 9.17) is 9.73 Å². The van der Waals surface area contributed by atoms with E-state index in [1.165, 1.54) is 13.4 Å². The van der Waals surface area contributed by atoms with Gasteiger partial charge in [0, 0.05) is 24.2 Å². The van der Waals surface area contributed by atoms with Crippen molar-refractivity contribution in [3.05, 3.63) is 52.4 Å². The van der Waals surface area contributed by atoms with E-state index < -0.39 is 0 Å². The minimum absolute atomic E-state index is 0.0805. The van der Waals surface area contributed by atoms with Crippen LogP contribution in [0, 0.1) is 6.92 Å². The highest BCUT2D eigenvalue weighted by molar-refractivity contribution is 6.06. The van der Waals surface area contributed by atoms with Crippen LogP contribution in [-0.2, 0) is 9.53 Å². The van der Waals surface area contributed by atoms with E-state index in [0.717, 1.165) is 29.7 Å². The maximum atomic E-state index is 12.4. The fourth-order valence-corrected chi connectivity index (χ4v) is 3.27. The number of amidine groups is 1. The number of rotatable bonds is 4. The molecule has 0 spiro atoms. The number of fused-ring (bicyclic) bond motifs is 1. The van der Waals surface area contributed by atoms with Gasteiger partial charge in [0.25, 0.3) is 5.91 Å². The molecule has 29 heavy (non-hydrogen) atoms. The first-order valence-corrected chi connectivity index (χ1v) is 9.53. The van der Waals surface area contributed by atoms with Crippen LogP contribution in [0.15, 0.2) is 51.2 Å². The summed E-state index contributed by atoms with van der Waals surface area (Å²) in [5.74, 6) is 0.0730. The smallest absolute Gasteiger partial charge is 0.335 e. The van der Waals surface area contributed by atoms with Gasteiger partial charge in [0.05, 0.1) is 18.4 Å². The Hall–Kier alpha value is -3.42. The number of benzene rings is 1. The van der Waals surface area contributed by atoms with Gasteiger partial charge >= 0.3 is 5.97 Å². The molecule has 1 aromatic rings. The molecule has 2 aliphatic heterocycles. The average molecular weight is 393 g/mol. The predicted octanol–water partition coefficient (Wildman–Crippen LogP) is 2.50. The Bertz CT molecular complexity index is 1000. The molecule has 2 heterocycles. The SMILES string of the molecule is COC(=O)C1=CN2NC=NC(=Nc3cc(C(=O)NC4CC4)ccc3C)C2=C(C)C1. The molecule has 8 heteroatoms. The molecule has 1 fully saturated rings. The first-order chi connectivity index (χ1) is 14.0. The lowest BCUT2D eigenvalue weighted by Gasteiger charge is -2.32. The zero-order valence-electron chi connectivity index (χ0n) is 16.7. The largest absolute Gasteiger partial charge is 0.466 e. The van der Waals surface area contributed by atoms with Crippen LogP contribution in [0.25, 0.3) is 0 Å². The Morgan fingerprint density at radius 3 is 2.83 bits per heavy atom. The Balaban J connectivity index is 1.66. The highest BCUT2D eigenvalue weighted by Crippen LogP contribution is 2.29. The fourth-order valence-electron chi connectivity index (χ4n) is 3.27. The Labute approximate surface area is 169 Å². The van der Waals surface area contributed by atoms with E-state index in [9.17, 15) is 9.59 Å². The molecule has 1 amide bonds. The third-order valence-electron chi connectivity index (χ3n) is 5.04. The minimum Gasteiger partial charge on any atom is -0.466 e. The summed E-state index contributed by atoms with van der Waals surface area (Å²) in [5, 5.41) is 4.72. The van der Waals surface area contributed by atoms with Gasteiger partial charge < -0.3 is 10.1 Å². The van der Waals surface area contributed by atoms with E-state index in [0.29, 0.717) is 35.1 Å². The molecular weight excluding hydrogens is 370 g/mol. The quantitative estimate of drug-likeness (QED) is 0.767. The first kappa shape index (κ1) is 18.9. The van der Waals surface area contributed by atoms with Crippen molar-refractivity contribution in [2.75, 3.05) is 7.11 Å². The summed E-state index contributed by atoms with van der Waals surface area (Å²) in [6.45, 7) is 3.88. The number of amides is 1. The Morgan fingerprint density at radius 2 is 2.10 bits per heavy atom. The molecule has 0 unspecified atom stereocenters. The lowest BCUT2D eigenvalue weighted by Crippen LogP contribution is -2.41. The Kier molecular flexibility index (Phi) is 4.92. The summed E-state index contributed by atoms with van der Waals surface area (Å²) in [7, 11) is 1.37. The van der Waals surface area contributed by atoms with E-state index in [-0.39, 0.29) is 11.9 Å². The number of carbonyl (C=O) groups is 2. The number of nitrogens with one attached hydrogen (secondary N) is 2. The zero-order valence-corrected chi connectivity index (χ0v) is 16.7. The molecule has 0 radical (unpaired) electrons. The second kappa shape index (κ2) is 7.54. The number of nitrogens with zero attached hydrogens (tertiary/aromatic N) is 3. The molecule has 0 atom stereocenters. The van der Waals surface area contributed by atoms with Crippen molar-refractivity contribution in [3.63, 3.8) is 0 Å². The van der Waals surface area contributed by atoms with Crippen LogP contribution < -0.4 is 10.7 Å². The number of esters is 1. The lowest BCUT2D eigenvalue weighted by molar-refractivity contribution is -0.136. The summed E-state index contributed by atoms with van der Waals surface area (Å²) in [5.41, 5.74) is 7.49. The van der Waals surface area contributed by atoms with Gasteiger partial charge in [0.2, 0.25) is 0 Å². The molecule has 8 nitrogen and oxygen atoms in total. The van der Waals surface area contributed by atoms with Crippen LogP contribution in [0.1, 0.15) is 42.1 Å². The van der Waals surface area contributed by atoms with Gasteiger partial charge in [-0.1, -0.05) is 6.07 Å². The molecule has 1 aromatic carbocycles. The van der Waals surface area contributed by atoms with Crippen molar-refractivity contribution >= 4 is 29.7 Å². The topological polar surface area (TPSA) is 95.4 Å². The summed E-state index contributed by atoms with van der Waals surface area (Å²) in [6.07, 6.45) is 5.75. The average Bonchev–Trinajstić information content (AvgIpc) is 3.52. The van der Waals surface area contributed by atoms with Gasteiger partial charge in [-0.15, -0.1) is 0 Å². The van der Waals surface area contributed by atoms with Crippen molar-refractivity contribution in [3.8, 4) is 0 Å². The summed E-state index contributed by atoms with van der Waals surface area (Å²) >= 11 is 0. The molecule has 0 saturated heterocycles. The van der Waals surface area contributed by atoms with Crippen molar-refractivity contribution in [2.24, 2.45) is 9.98 Å². The molecule has 2 N–H and O–H groups in total. The maximum Gasteiger partial charge on any atom is 0.335 e. The van der Waals surface area contributed by atoms with Gasteiger partial charge in [-0.05, 0) is 50.0 Å². The van der Waals surface area contributed by atoms with Gasteiger partial charge in [-0.25, -0.2) is 14.8 Å². The summed E-state index contributed by atoms with van der Waals surface area (Å²) in [4.78, 5) is 33.4. The number of hydrogen-bond acceptors (Lipinski definition) is 6. The van der Waals surface area contributed by atoms with Crippen molar-refractivity contribution < 1.29 is 14.3 Å². The first-order valence-electron chi connectivity index (χ1n) is 9.53. The fraction of sp³-hybridized carbons (Fsp3) is 0.333. The predicted molar refractivity (Wildman–Crippen MR) is 110 cm³/mol. The van der Waals surface area contributed by atoms with Crippen LogP contribution in [-0.4, -0.2) is 42.2 Å². The third-order valence-corrected chi connectivity index (χ3v) is 5.04. The molecule has 1 aliphatic carbocycles. The van der Waals surface area contributed by atoms with Crippen LogP contribution in [0.2, 0.25) is 0 Å². The second-order valence-electron chi connectivity index (χ2n) is 7.39. The maximum absolute atomic E-state index is 12.4. The van der Waals surface area contributed by atoms with Crippen LogP contribution >= 0.6 is 0 Å². The van der Waals surface area contributed by atoms with Crippen molar-refractivity contribution in [1.29, 1.82) is 0 Å². The van der Waals surface area contributed by atoms with Crippen molar-refractivity contribution in [2.45, 2.75) is 39.2 Å². The number of carbonyl (C=O) groups excluding carboxylic acids is 2. The molecule has 0 aromatic heterocycles. The molecule has 3 aliphatic rings. The number of hydrazine groups is 1. The summed E-state index contributed by atoms with van der Waals surface area (Å²) in [6, 6.07) is 5.79. The highest BCUT2D eigenvalue weighted by Gasteiger charge is 2.28. The normalized spacial score (nSPS) is 19.5. The van der Waals surface area contributed by atoms with Crippen LogP contribution in [0.4, 0.5) is 5.69 Å². The third kappa shape index (κ3) is 3.91. The molecular formula is C21H23N5O3. The van der Waals surface area contributed by atoms with Crippen LogP contribution in [0.5, 0.6) is 0 Å². The number of allylic oxidation sites excluding steroid dienone is 1. The molecule has 4 rings (SSSR count). The number of methoxy groups -OCH3 is 1. The minimum atomic E-state index is -0.364. The van der Waals surface area contributed by atoms with Gasteiger partial charge in [-0.3, -0.25) is 15.2 Å². The van der Waals surface area contributed by atoms with Crippen molar-refractivity contribution in [1.82, 2.24) is 15.8 Å². The van der Waals surface area contributed by atoms with E-state index in [2.05, 4.69) is 15.7 Å². The Morgan fingerprint density at radius 1 is 1.31 bits per heavy atom. The monoisotopic (exact) mass is 393 g/mol. The van der Waals surface area contributed by atoms with E-state index >= 15 is 0 Å². The molecule has 150 valence electrons. The molecule has 1 saturated carbocycles. The van der Waals surface area contributed by atoms with Gasteiger partial charge in [-0.2, -0.15) is 0 Å². The van der Waals surface area contributed by atoms with E-state index in [1.807, 2.05) is 26.0 Å².